The van der Waals surface area contributed by atoms with E-state index in [-0.39, 0.29) is 12.1 Å². The molecule has 0 aromatic carbocycles. The predicted molar refractivity (Wildman–Crippen MR) is 64.7 cm³/mol. The number of carbonyl (C=O) groups is 1. The molecule has 0 radical (unpaired) electrons. The van der Waals surface area contributed by atoms with E-state index in [1.165, 1.54) is 0 Å². The molecule has 2 unspecified atom stereocenters. The van der Waals surface area contributed by atoms with Crippen LogP contribution in [0.15, 0.2) is 0 Å². The van der Waals surface area contributed by atoms with Crippen LogP contribution in [-0.4, -0.2) is 44.5 Å². The van der Waals surface area contributed by atoms with Crippen LogP contribution in [0.5, 0.6) is 0 Å². The zero-order valence-corrected chi connectivity index (χ0v) is 11.2. The van der Waals surface area contributed by atoms with Gasteiger partial charge in [0.15, 0.2) is 0 Å². The van der Waals surface area contributed by atoms with E-state index in [0.29, 0.717) is 13.1 Å². The lowest BCUT2D eigenvalue weighted by molar-refractivity contribution is 0.0195. The maximum atomic E-state index is 11.8. The number of rotatable bonds is 2. The second-order valence-electron chi connectivity index (χ2n) is 5.13. The molecule has 17 heavy (non-hydrogen) atoms. The summed E-state index contributed by atoms with van der Waals surface area (Å²) in [6.45, 7) is 6.47. The summed E-state index contributed by atoms with van der Waals surface area (Å²) < 4.78 is 27.1. The molecule has 2 atom stereocenters. The van der Waals surface area contributed by atoms with Gasteiger partial charge < -0.3 is 9.64 Å². The number of ether oxygens (including phenoxy) is 1. The summed E-state index contributed by atoms with van der Waals surface area (Å²) in [6, 6.07) is -0.151. The van der Waals surface area contributed by atoms with Crippen molar-refractivity contribution in [1.82, 2.24) is 9.62 Å². The van der Waals surface area contributed by atoms with Crippen LogP contribution in [0, 0.1) is 0 Å². The molecule has 0 aromatic heterocycles. The molecule has 6 nitrogen and oxygen atoms in total. The highest BCUT2D eigenvalue weighted by atomic mass is 32.2. The third kappa shape index (κ3) is 5.47. The third-order valence-electron chi connectivity index (χ3n) is 2.34. The van der Waals surface area contributed by atoms with Gasteiger partial charge in [0, 0.05) is 19.1 Å². The van der Waals surface area contributed by atoms with E-state index in [0.717, 1.165) is 12.8 Å². The SMILES string of the molecule is CC(C)(C)OC(=O)N1CCCC(NS(=O)O)C1. The van der Waals surface area contributed by atoms with Crippen LogP contribution >= 0.6 is 0 Å². The summed E-state index contributed by atoms with van der Waals surface area (Å²) in [7, 11) is 0. The van der Waals surface area contributed by atoms with Gasteiger partial charge in [-0.2, -0.15) is 0 Å². The standard InChI is InChI=1S/C10H20N2O4S/c1-10(2,3)16-9(13)12-6-4-5-8(7-12)11-17(14)15/h8,11H,4-7H2,1-3H3,(H,14,15). The van der Waals surface area contributed by atoms with Crippen molar-refractivity contribution in [2.24, 2.45) is 0 Å². The van der Waals surface area contributed by atoms with Gasteiger partial charge >= 0.3 is 6.09 Å². The number of nitrogens with one attached hydrogen (secondary N) is 1. The van der Waals surface area contributed by atoms with Crippen LogP contribution in [0.4, 0.5) is 4.79 Å². The first kappa shape index (κ1) is 14.4. The molecular weight excluding hydrogens is 244 g/mol. The molecule has 1 saturated heterocycles. The van der Waals surface area contributed by atoms with Crippen molar-refractivity contribution in [1.29, 1.82) is 0 Å². The molecule has 1 fully saturated rings. The average Bonchev–Trinajstić information content (AvgIpc) is 2.14. The average molecular weight is 264 g/mol. The fourth-order valence-corrected chi connectivity index (χ4v) is 2.19. The first-order valence-corrected chi connectivity index (χ1v) is 6.73. The summed E-state index contributed by atoms with van der Waals surface area (Å²) in [5.41, 5.74) is -0.517. The monoisotopic (exact) mass is 264 g/mol. The second kappa shape index (κ2) is 5.79. The Kier molecular flexibility index (Phi) is 4.91. The van der Waals surface area contributed by atoms with Crippen molar-refractivity contribution < 1.29 is 18.3 Å². The second-order valence-corrected chi connectivity index (χ2v) is 5.87. The van der Waals surface area contributed by atoms with Gasteiger partial charge in [0.2, 0.25) is 11.3 Å². The molecule has 1 aliphatic rings. The molecule has 1 rings (SSSR count). The zero-order chi connectivity index (χ0) is 13.1. The lowest BCUT2D eigenvalue weighted by Gasteiger charge is -2.33. The van der Waals surface area contributed by atoms with Gasteiger partial charge in [-0.05, 0) is 33.6 Å². The van der Waals surface area contributed by atoms with Gasteiger partial charge in [-0.25, -0.2) is 13.7 Å². The molecule has 0 aliphatic carbocycles. The number of likely N-dealkylation sites (tertiary alicyclic amines) is 1. The minimum atomic E-state index is -2.04. The van der Waals surface area contributed by atoms with E-state index < -0.39 is 16.9 Å². The maximum Gasteiger partial charge on any atom is 0.410 e. The van der Waals surface area contributed by atoms with Gasteiger partial charge in [0.05, 0.1) is 0 Å². The molecule has 0 bridgehead atoms. The highest BCUT2D eigenvalue weighted by molar-refractivity contribution is 7.77. The van der Waals surface area contributed by atoms with Gasteiger partial charge in [-0.1, -0.05) is 0 Å². The van der Waals surface area contributed by atoms with E-state index in [2.05, 4.69) is 4.72 Å². The molecule has 7 heteroatoms. The lowest BCUT2D eigenvalue weighted by atomic mass is 10.1. The number of piperidine rings is 1. The smallest absolute Gasteiger partial charge is 0.410 e. The van der Waals surface area contributed by atoms with Crippen LogP contribution < -0.4 is 4.72 Å². The summed E-state index contributed by atoms with van der Waals surface area (Å²) in [5, 5.41) is 0. The van der Waals surface area contributed by atoms with Crippen LogP contribution in [0.25, 0.3) is 0 Å². The Balaban J connectivity index is 2.49. The lowest BCUT2D eigenvalue weighted by Crippen LogP contribution is -2.49. The van der Waals surface area contributed by atoms with E-state index in [4.69, 9.17) is 9.29 Å². The zero-order valence-electron chi connectivity index (χ0n) is 10.4. The van der Waals surface area contributed by atoms with Crippen molar-refractivity contribution in [3.8, 4) is 0 Å². The molecule has 1 heterocycles. The van der Waals surface area contributed by atoms with Gasteiger partial charge in [-0.15, -0.1) is 0 Å². The summed E-state index contributed by atoms with van der Waals surface area (Å²) in [6.07, 6.45) is 1.22. The Labute approximate surface area is 104 Å². The van der Waals surface area contributed by atoms with Crippen molar-refractivity contribution in [3.05, 3.63) is 0 Å². The molecule has 100 valence electrons. The Bertz CT molecular complexity index is 303. The van der Waals surface area contributed by atoms with E-state index in [1.54, 1.807) is 4.90 Å². The molecule has 2 N–H and O–H groups in total. The molecule has 1 aliphatic heterocycles. The fourth-order valence-electron chi connectivity index (χ4n) is 1.71. The number of nitrogens with zero attached hydrogens (tertiary/aromatic N) is 1. The molecule has 1 amide bonds. The van der Waals surface area contributed by atoms with E-state index in [9.17, 15) is 9.00 Å². The predicted octanol–water partition coefficient (Wildman–Crippen LogP) is 1.11. The van der Waals surface area contributed by atoms with Crippen molar-refractivity contribution in [2.75, 3.05) is 13.1 Å². The van der Waals surface area contributed by atoms with Gasteiger partial charge in [0.1, 0.15) is 5.60 Å². The van der Waals surface area contributed by atoms with Crippen LogP contribution in [0.1, 0.15) is 33.6 Å². The third-order valence-corrected chi connectivity index (χ3v) is 2.88. The Hall–Kier alpha value is -0.660. The maximum absolute atomic E-state index is 11.8. The topological polar surface area (TPSA) is 78.9 Å². The van der Waals surface area contributed by atoms with Crippen molar-refractivity contribution in [2.45, 2.75) is 45.3 Å². The van der Waals surface area contributed by atoms with E-state index in [1.807, 2.05) is 20.8 Å². The van der Waals surface area contributed by atoms with Crippen LogP contribution in [-0.2, 0) is 16.0 Å². The number of hydrogen-bond acceptors (Lipinski definition) is 3. The Morgan fingerprint density at radius 1 is 1.53 bits per heavy atom. The first-order valence-electron chi connectivity index (χ1n) is 5.63. The molecule has 0 spiro atoms. The largest absolute Gasteiger partial charge is 0.444 e. The minimum Gasteiger partial charge on any atom is -0.444 e. The summed E-state index contributed by atoms with van der Waals surface area (Å²) >= 11 is -2.04. The van der Waals surface area contributed by atoms with Gasteiger partial charge in [0.25, 0.3) is 0 Å². The normalized spacial score (nSPS) is 23.3. The fraction of sp³-hybridized carbons (Fsp3) is 0.900. The van der Waals surface area contributed by atoms with Crippen LogP contribution in [0.2, 0.25) is 0 Å². The minimum absolute atomic E-state index is 0.151. The Morgan fingerprint density at radius 2 is 2.18 bits per heavy atom. The number of hydrogen-bond donors (Lipinski definition) is 2. The number of carbonyl (C=O) groups excluding carboxylic acids is 1. The van der Waals surface area contributed by atoms with Crippen LogP contribution in [0.3, 0.4) is 0 Å². The van der Waals surface area contributed by atoms with Crippen molar-refractivity contribution in [3.63, 3.8) is 0 Å². The summed E-state index contributed by atoms with van der Waals surface area (Å²) in [4.78, 5) is 13.4. The molecule has 0 aromatic rings. The molecule has 0 saturated carbocycles. The number of amides is 1. The van der Waals surface area contributed by atoms with Gasteiger partial charge in [-0.3, -0.25) is 4.55 Å². The van der Waals surface area contributed by atoms with Crippen molar-refractivity contribution >= 4 is 17.4 Å². The Morgan fingerprint density at radius 3 is 2.71 bits per heavy atom. The quantitative estimate of drug-likeness (QED) is 0.732. The first-order chi connectivity index (χ1) is 7.78. The highest BCUT2D eigenvalue weighted by Crippen LogP contribution is 2.15. The summed E-state index contributed by atoms with van der Waals surface area (Å²) in [5.74, 6) is 0. The highest BCUT2D eigenvalue weighted by Gasteiger charge is 2.27. The molecular formula is C10H20N2O4S. The van der Waals surface area contributed by atoms with E-state index >= 15 is 0 Å².